The quantitative estimate of drug-likeness (QED) is 0.854. The third-order valence-corrected chi connectivity index (χ3v) is 4.82. The molecule has 2 aromatic rings. The number of piperidine rings is 1. The number of aromatic nitrogens is 1. The number of ketones is 1. The maximum absolute atomic E-state index is 12.8. The standard InChI is InChI=1S/C19H24N2O2/c1-2-3-8-18(22)21-11-9-14(10-12-21)19(23)16-13-20-17-7-5-4-6-15(16)17/h4-7,13-14,20H,2-3,8-12H2,1H3. The van der Waals surface area contributed by atoms with E-state index in [2.05, 4.69) is 11.9 Å². The molecule has 1 saturated heterocycles. The van der Waals surface area contributed by atoms with E-state index in [0.717, 1.165) is 42.1 Å². The van der Waals surface area contributed by atoms with E-state index in [1.807, 2.05) is 35.4 Å². The first-order valence-corrected chi connectivity index (χ1v) is 8.58. The van der Waals surface area contributed by atoms with Gasteiger partial charge < -0.3 is 9.88 Å². The van der Waals surface area contributed by atoms with Gasteiger partial charge in [-0.1, -0.05) is 31.5 Å². The molecule has 0 atom stereocenters. The van der Waals surface area contributed by atoms with Crippen LogP contribution in [0.3, 0.4) is 0 Å². The summed E-state index contributed by atoms with van der Waals surface area (Å²) in [6, 6.07) is 7.90. The van der Waals surface area contributed by atoms with Gasteiger partial charge in [-0.15, -0.1) is 0 Å². The van der Waals surface area contributed by atoms with Crippen LogP contribution in [0.25, 0.3) is 10.9 Å². The zero-order valence-electron chi connectivity index (χ0n) is 13.7. The molecule has 0 unspecified atom stereocenters. The Morgan fingerprint density at radius 1 is 1.22 bits per heavy atom. The second-order valence-corrected chi connectivity index (χ2v) is 6.37. The minimum atomic E-state index is 0.0319. The predicted octanol–water partition coefficient (Wildman–Crippen LogP) is 3.78. The van der Waals surface area contributed by atoms with Crippen LogP contribution in [0.1, 0.15) is 49.4 Å². The van der Waals surface area contributed by atoms with Crippen molar-refractivity contribution in [1.82, 2.24) is 9.88 Å². The molecule has 122 valence electrons. The molecule has 1 aromatic carbocycles. The van der Waals surface area contributed by atoms with Crippen molar-refractivity contribution in [3.8, 4) is 0 Å². The number of H-pyrrole nitrogens is 1. The number of carbonyl (C=O) groups excluding carboxylic acids is 2. The maximum atomic E-state index is 12.8. The second kappa shape index (κ2) is 6.99. The molecule has 23 heavy (non-hydrogen) atoms. The summed E-state index contributed by atoms with van der Waals surface area (Å²) in [5, 5.41) is 0.999. The molecule has 1 fully saturated rings. The fourth-order valence-corrected chi connectivity index (χ4v) is 3.37. The van der Waals surface area contributed by atoms with Gasteiger partial charge >= 0.3 is 0 Å². The van der Waals surface area contributed by atoms with Crippen molar-refractivity contribution in [3.05, 3.63) is 36.0 Å². The highest BCUT2D eigenvalue weighted by atomic mass is 16.2. The van der Waals surface area contributed by atoms with E-state index < -0.39 is 0 Å². The molecule has 1 aliphatic heterocycles. The van der Waals surface area contributed by atoms with Crippen LogP contribution in [0.5, 0.6) is 0 Å². The van der Waals surface area contributed by atoms with Crippen LogP contribution >= 0.6 is 0 Å². The minimum Gasteiger partial charge on any atom is -0.360 e. The summed E-state index contributed by atoms with van der Waals surface area (Å²) in [5.74, 6) is 0.484. The lowest BCUT2D eigenvalue weighted by molar-refractivity contribution is -0.132. The van der Waals surface area contributed by atoms with Gasteiger partial charge in [0.15, 0.2) is 5.78 Å². The molecule has 1 N–H and O–H groups in total. The Morgan fingerprint density at radius 3 is 2.70 bits per heavy atom. The van der Waals surface area contributed by atoms with E-state index in [9.17, 15) is 9.59 Å². The lowest BCUT2D eigenvalue weighted by Crippen LogP contribution is -2.40. The first kappa shape index (κ1) is 15.8. The van der Waals surface area contributed by atoms with E-state index in [1.165, 1.54) is 0 Å². The minimum absolute atomic E-state index is 0.0319. The largest absolute Gasteiger partial charge is 0.360 e. The van der Waals surface area contributed by atoms with Crippen molar-refractivity contribution >= 4 is 22.6 Å². The van der Waals surface area contributed by atoms with Crippen LogP contribution in [-0.2, 0) is 4.79 Å². The number of nitrogens with zero attached hydrogens (tertiary/aromatic N) is 1. The highest BCUT2D eigenvalue weighted by Crippen LogP contribution is 2.26. The molecule has 0 aliphatic carbocycles. The number of likely N-dealkylation sites (tertiary alicyclic amines) is 1. The Bertz CT molecular complexity index is 696. The fraction of sp³-hybridized carbons (Fsp3) is 0.474. The predicted molar refractivity (Wildman–Crippen MR) is 91.5 cm³/mol. The van der Waals surface area contributed by atoms with Crippen molar-refractivity contribution in [2.75, 3.05) is 13.1 Å². The number of para-hydroxylation sites is 1. The molecule has 1 amide bonds. The normalized spacial score (nSPS) is 16.0. The summed E-state index contributed by atoms with van der Waals surface area (Å²) < 4.78 is 0. The molecule has 4 nitrogen and oxygen atoms in total. The van der Waals surface area contributed by atoms with Gasteiger partial charge in [-0.25, -0.2) is 0 Å². The highest BCUT2D eigenvalue weighted by molar-refractivity contribution is 6.08. The van der Waals surface area contributed by atoms with Crippen LogP contribution < -0.4 is 0 Å². The molecule has 0 radical (unpaired) electrons. The summed E-state index contributed by atoms with van der Waals surface area (Å²) in [4.78, 5) is 30.0. The first-order valence-electron chi connectivity index (χ1n) is 8.58. The number of Topliss-reactive ketones (excluding diaryl/α,β-unsaturated/α-hetero) is 1. The molecule has 2 heterocycles. The second-order valence-electron chi connectivity index (χ2n) is 6.37. The number of nitrogens with one attached hydrogen (secondary N) is 1. The Hall–Kier alpha value is -2.10. The topological polar surface area (TPSA) is 53.2 Å². The van der Waals surface area contributed by atoms with Gasteiger partial charge in [-0.2, -0.15) is 0 Å². The number of fused-ring (bicyclic) bond motifs is 1. The van der Waals surface area contributed by atoms with E-state index in [-0.39, 0.29) is 17.6 Å². The van der Waals surface area contributed by atoms with Gasteiger partial charge in [0.1, 0.15) is 0 Å². The van der Waals surface area contributed by atoms with Crippen molar-refractivity contribution in [1.29, 1.82) is 0 Å². The number of benzene rings is 1. The maximum Gasteiger partial charge on any atom is 0.222 e. The molecule has 0 spiro atoms. The van der Waals surface area contributed by atoms with Gasteiger partial charge in [-0.05, 0) is 25.3 Å². The molecular formula is C19H24N2O2. The first-order chi connectivity index (χ1) is 11.2. The Kier molecular flexibility index (Phi) is 4.79. The molecule has 3 rings (SSSR count). The zero-order valence-corrected chi connectivity index (χ0v) is 13.7. The molecule has 0 bridgehead atoms. The van der Waals surface area contributed by atoms with Gasteiger partial charge in [0.05, 0.1) is 0 Å². The van der Waals surface area contributed by atoms with Gasteiger partial charge in [0.2, 0.25) is 5.91 Å². The number of aromatic amines is 1. The lowest BCUT2D eigenvalue weighted by atomic mass is 9.88. The number of hydrogen-bond acceptors (Lipinski definition) is 2. The summed E-state index contributed by atoms with van der Waals surface area (Å²) in [7, 11) is 0. The molecule has 1 aromatic heterocycles. The van der Waals surface area contributed by atoms with Crippen LogP contribution in [0, 0.1) is 5.92 Å². The Balaban J connectivity index is 1.63. The third kappa shape index (κ3) is 3.31. The van der Waals surface area contributed by atoms with Gasteiger partial charge in [0, 0.05) is 48.1 Å². The van der Waals surface area contributed by atoms with Crippen molar-refractivity contribution in [2.24, 2.45) is 5.92 Å². The van der Waals surface area contributed by atoms with Crippen LogP contribution in [-0.4, -0.2) is 34.7 Å². The van der Waals surface area contributed by atoms with E-state index in [4.69, 9.17) is 0 Å². The van der Waals surface area contributed by atoms with E-state index in [0.29, 0.717) is 19.5 Å². The van der Waals surface area contributed by atoms with Crippen LogP contribution in [0.15, 0.2) is 30.5 Å². The van der Waals surface area contributed by atoms with Crippen molar-refractivity contribution in [2.45, 2.75) is 39.0 Å². The highest BCUT2D eigenvalue weighted by Gasteiger charge is 2.28. The van der Waals surface area contributed by atoms with Crippen LogP contribution in [0.2, 0.25) is 0 Å². The van der Waals surface area contributed by atoms with Crippen molar-refractivity contribution in [3.63, 3.8) is 0 Å². The SMILES string of the molecule is CCCCC(=O)N1CCC(C(=O)c2c[nH]c3ccccc23)CC1. The molecule has 4 heteroatoms. The third-order valence-electron chi connectivity index (χ3n) is 4.82. The summed E-state index contributed by atoms with van der Waals surface area (Å²) in [6.07, 6.45) is 6.00. The number of unbranched alkanes of at least 4 members (excludes halogenated alkanes) is 1. The Labute approximate surface area is 136 Å². The fourth-order valence-electron chi connectivity index (χ4n) is 3.37. The average Bonchev–Trinajstić information content (AvgIpc) is 3.03. The Morgan fingerprint density at radius 2 is 1.96 bits per heavy atom. The van der Waals surface area contributed by atoms with Gasteiger partial charge in [-0.3, -0.25) is 9.59 Å². The van der Waals surface area contributed by atoms with Crippen LogP contribution in [0.4, 0.5) is 0 Å². The number of rotatable bonds is 5. The molecule has 1 aliphatic rings. The summed E-state index contributed by atoms with van der Waals surface area (Å²) in [5.41, 5.74) is 1.79. The summed E-state index contributed by atoms with van der Waals surface area (Å²) in [6.45, 7) is 3.52. The number of carbonyl (C=O) groups is 2. The molecular weight excluding hydrogens is 288 g/mol. The monoisotopic (exact) mass is 312 g/mol. The molecule has 0 saturated carbocycles. The number of hydrogen-bond donors (Lipinski definition) is 1. The van der Waals surface area contributed by atoms with E-state index >= 15 is 0 Å². The van der Waals surface area contributed by atoms with E-state index in [1.54, 1.807) is 0 Å². The van der Waals surface area contributed by atoms with Crippen molar-refractivity contribution < 1.29 is 9.59 Å². The lowest BCUT2D eigenvalue weighted by Gasteiger charge is -2.31. The number of amides is 1. The smallest absolute Gasteiger partial charge is 0.222 e. The zero-order chi connectivity index (χ0) is 16.2. The summed E-state index contributed by atoms with van der Waals surface area (Å²) >= 11 is 0. The average molecular weight is 312 g/mol. The van der Waals surface area contributed by atoms with Gasteiger partial charge in [0.25, 0.3) is 0 Å².